The highest BCUT2D eigenvalue weighted by atomic mass is 35.5. The van der Waals surface area contributed by atoms with Crippen LogP contribution < -0.4 is 9.47 Å². The summed E-state index contributed by atoms with van der Waals surface area (Å²) in [6.45, 7) is 0.423. The molecule has 3 nitrogen and oxygen atoms in total. The van der Waals surface area contributed by atoms with Crippen molar-refractivity contribution in [3.8, 4) is 21.9 Å². The fourth-order valence-corrected chi connectivity index (χ4v) is 4.67. The molecule has 0 radical (unpaired) electrons. The summed E-state index contributed by atoms with van der Waals surface area (Å²) >= 11 is 13.3. The number of methoxy groups -OCH3 is 1. The Hall–Kier alpha value is -2.53. The van der Waals surface area contributed by atoms with Gasteiger partial charge in [0.2, 0.25) is 0 Å². The second-order valence-electron chi connectivity index (χ2n) is 6.57. The van der Waals surface area contributed by atoms with Crippen LogP contribution in [0.4, 0.5) is 0 Å². The summed E-state index contributed by atoms with van der Waals surface area (Å²) in [6.07, 6.45) is 0. The van der Waals surface area contributed by atoms with E-state index >= 15 is 0 Å². The van der Waals surface area contributed by atoms with Gasteiger partial charge >= 0.3 is 0 Å². The van der Waals surface area contributed by atoms with Gasteiger partial charge in [0.1, 0.15) is 18.1 Å². The molecule has 0 aliphatic rings. The predicted molar refractivity (Wildman–Crippen MR) is 125 cm³/mol. The minimum Gasteiger partial charge on any atom is -0.497 e. The molecule has 1 aromatic heterocycles. The van der Waals surface area contributed by atoms with Crippen molar-refractivity contribution < 1.29 is 14.3 Å². The fraction of sp³-hybridized carbons (Fsp3) is 0.125. The number of carbonyl (C=O) groups is 1. The monoisotopic (exact) mass is 456 g/mol. The summed E-state index contributed by atoms with van der Waals surface area (Å²) < 4.78 is 11.9. The molecule has 0 N–H and O–H groups in total. The Balaban J connectivity index is 1.82. The number of ketones is 1. The van der Waals surface area contributed by atoms with Crippen molar-refractivity contribution in [1.82, 2.24) is 0 Å². The molecule has 4 rings (SSSR count). The largest absolute Gasteiger partial charge is 0.497 e. The molecule has 0 spiro atoms. The molecule has 0 saturated carbocycles. The first-order valence-corrected chi connectivity index (χ1v) is 11.0. The van der Waals surface area contributed by atoms with Crippen molar-refractivity contribution in [1.29, 1.82) is 0 Å². The van der Waals surface area contributed by atoms with Gasteiger partial charge in [-0.2, -0.15) is 0 Å². The van der Waals surface area contributed by atoms with E-state index in [1.54, 1.807) is 42.7 Å². The van der Waals surface area contributed by atoms with Crippen LogP contribution in [0.15, 0.2) is 66.7 Å². The summed E-state index contributed by atoms with van der Waals surface area (Å²) in [5, 5.41) is 1.56. The SMILES string of the molecule is COc1ccc2c(C(=O)c3ccc(OCCCl)cc3)c(-c3ccc(Cl)cc3)sc2c1. The van der Waals surface area contributed by atoms with Gasteiger partial charge < -0.3 is 9.47 Å². The van der Waals surface area contributed by atoms with Crippen LogP contribution in [-0.4, -0.2) is 25.4 Å². The maximum Gasteiger partial charge on any atom is 0.195 e. The fourth-order valence-electron chi connectivity index (χ4n) is 3.24. The van der Waals surface area contributed by atoms with Crippen LogP contribution in [0.1, 0.15) is 15.9 Å². The average molecular weight is 457 g/mol. The van der Waals surface area contributed by atoms with Crippen LogP contribution in [0.5, 0.6) is 11.5 Å². The van der Waals surface area contributed by atoms with E-state index in [1.165, 1.54) is 0 Å². The van der Waals surface area contributed by atoms with E-state index in [-0.39, 0.29) is 5.78 Å². The van der Waals surface area contributed by atoms with Crippen LogP contribution in [0.2, 0.25) is 5.02 Å². The molecule has 30 heavy (non-hydrogen) atoms. The Kier molecular flexibility index (Phi) is 6.28. The third-order valence-corrected chi connectivity index (χ3v) is 6.30. The first-order valence-electron chi connectivity index (χ1n) is 9.30. The highest BCUT2D eigenvalue weighted by Gasteiger charge is 2.22. The zero-order chi connectivity index (χ0) is 21.1. The van der Waals surface area contributed by atoms with E-state index in [0.717, 1.165) is 26.3 Å². The van der Waals surface area contributed by atoms with Gasteiger partial charge in [-0.3, -0.25) is 4.79 Å². The molecule has 0 bridgehead atoms. The van der Waals surface area contributed by atoms with E-state index in [1.807, 2.05) is 42.5 Å². The number of alkyl halides is 1. The number of hydrogen-bond donors (Lipinski definition) is 0. The Morgan fingerprint density at radius 2 is 1.67 bits per heavy atom. The van der Waals surface area contributed by atoms with Gasteiger partial charge in [0, 0.05) is 31.1 Å². The summed E-state index contributed by atoms with van der Waals surface area (Å²) in [5.41, 5.74) is 2.22. The molecule has 1 heterocycles. The van der Waals surface area contributed by atoms with E-state index < -0.39 is 0 Å². The standard InChI is InChI=1S/C24H18Cl2O3S/c1-28-19-10-11-20-21(14-19)30-24(16-2-6-17(26)7-3-16)22(20)23(27)15-4-8-18(9-5-15)29-13-12-25/h2-11,14H,12-13H2,1H3. The minimum atomic E-state index is -0.0414. The van der Waals surface area contributed by atoms with Gasteiger partial charge in [0.05, 0.1) is 13.0 Å². The zero-order valence-corrected chi connectivity index (χ0v) is 18.5. The maximum absolute atomic E-state index is 13.5. The summed E-state index contributed by atoms with van der Waals surface area (Å²) in [7, 11) is 1.63. The first-order chi connectivity index (χ1) is 14.6. The van der Waals surface area contributed by atoms with Crippen molar-refractivity contribution in [2.24, 2.45) is 0 Å². The third kappa shape index (κ3) is 4.17. The lowest BCUT2D eigenvalue weighted by Crippen LogP contribution is -2.03. The first kappa shape index (κ1) is 20.7. The second-order valence-corrected chi connectivity index (χ2v) is 8.43. The van der Waals surface area contributed by atoms with Crippen molar-refractivity contribution in [2.45, 2.75) is 0 Å². The number of carbonyl (C=O) groups excluding carboxylic acids is 1. The number of ether oxygens (including phenoxy) is 2. The number of hydrogen-bond acceptors (Lipinski definition) is 4. The third-order valence-electron chi connectivity index (χ3n) is 4.69. The van der Waals surface area contributed by atoms with Crippen molar-refractivity contribution in [3.63, 3.8) is 0 Å². The van der Waals surface area contributed by atoms with E-state index in [9.17, 15) is 4.79 Å². The van der Waals surface area contributed by atoms with Crippen molar-refractivity contribution >= 4 is 50.4 Å². The number of fused-ring (bicyclic) bond motifs is 1. The van der Waals surface area contributed by atoms with Gasteiger partial charge in [0.15, 0.2) is 5.78 Å². The Morgan fingerprint density at radius 3 is 2.33 bits per heavy atom. The van der Waals surface area contributed by atoms with Crippen LogP contribution in [0, 0.1) is 0 Å². The lowest BCUT2D eigenvalue weighted by molar-refractivity contribution is 0.104. The van der Waals surface area contributed by atoms with Crippen LogP contribution in [0.3, 0.4) is 0 Å². The molecular weight excluding hydrogens is 439 g/mol. The van der Waals surface area contributed by atoms with Gasteiger partial charge in [-0.15, -0.1) is 22.9 Å². The molecule has 6 heteroatoms. The molecule has 0 aliphatic heterocycles. The van der Waals surface area contributed by atoms with Crippen molar-refractivity contribution in [3.05, 3.63) is 82.9 Å². The van der Waals surface area contributed by atoms with E-state index in [0.29, 0.717) is 34.4 Å². The van der Waals surface area contributed by atoms with Crippen LogP contribution in [-0.2, 0) is 0 Å². The highest BCUT2D eigenvalue weighted by Crippen LogP contribution is 2.41. The number of thiophene rings is 1. The highest BCUT2D eigenvalue weighted by molar-refractivity contribution is 7.22. The lowest BCUT2D eigenvalue weighted by Gasteiger charge is -2.07. The number of rotatable bonds is 7. The van der Waals surface area contributed by atoms with Gasteiger partial charge in [-0.25, -0.2) is 0 Å². The lowest BCUT2D eigenvalue weighted by atomic mass is 9.97. The normalized spacial score (nSPS) is 10.9. The second kappa shape index (κ2) is 9.09. The molecule has 0 aliphatic carbocycles. The molecule has 3 aromatic carbocycles. The summed E-state index contributed by atoms with van der Waals surface area (Å²) in [5.74, 6) is 1.81. The molecule has 0 saturated heterocycles. The maximum atomic E-state index is 13.5. The predicted octanol–water partition coefficient (Wildman–Crippen LogP) is 7.08. The Labute approximate surface area is 188 Å². The molecular formula is C24H18Cl2O3S. The number of benzene rings is 3. The Morgan fingerprint density at radius 1 is 0.967 bits per heavy atom. The Bertz CT molecular complexity index is 1180. The van der Waals surface area contributed by atoms with Gasteiger partial charge in [0.25, 0.3) is 0 Å². The molecule has 4 aromatic rings. The summed E-state index contributed by atoms with van der Waals surface area (Å²) in [6, 6.07) is 20.5. The van der Waals surface area contributed by atoms with Gasteiger partial charge in [-0.1, -0.05) is 23.7 Å². The quantitative estimate of drug-likeness (QED) is 0.220. The smallest absolute Gasteiger partial charge is 0.195 e. The molecule has 0 atom stereocenters. The molecule has 0 unspecified atom stereocenters. The average Bonchev–Trinajstić information content (AvgIpc) is 3.16. The zero-order valence-electron chi connectivity index (χ0n) is 16.2. The topological polar surface area (TPSA) is 35.5 Å². The molecule has 152 valence electrons. The summed E-state index contributed by atoms with van der Waals surface area (Å²) in [4.78, 5) is 14.5. The minimum absolute atomic E-state index is 0.0414. The number of halogens is 2. The van der Waals surface area contributed by atoms with Crippen LogP contribution in [0.25, 0.3) is 20.5 Å². The van der Waals surface area contributed by atoms with E-state index in [2.05, 4.69) is 0 Å². The van der Waals surface area contributed by atoms with Gasteiger partial charge in [-0.05, 0) is 60.2 Å². The molecule has 0 fully saturated rings. The van der Waals surface area contributed by atoms with E-state index in [4.69, 9.17) is 32.7 Å². The van der Waals surface area contributed by atoms with Crippen LogP contribution >= 0.6 is 34.5 Å². The van der Waals surface area contributed by atoms with Crippen molar-refractivity contribution in [2.75, 3.05) is 19.6 Å². The molecule has 0 amide bonds.